The fourth-order valence-corrected chi connectivity index (χ4v) is 3.35. The maximum Gasteiger partial charge on any atom is 0.224 e. The summed E-state index contributed by atoms with van der Waals surface area (Å²) in [6, 6.07) is 19.0. The van der Waals surface area contributed by atoms with Gasteiger partial charge >= 0.3 is 0 Å². The van der Waals surface area contributed by atoms with Crippen LogP contribution in [0.4, 0.5) is 11.4 Å². The van der Waals surface area contributed by atoms with Crippen LogP contribution in [-0.4, -0.2) is 32.1 Å². The Labute approximate surface area is 150 Å². The highest BCUT2D eigenvalue weighted by Crippen LogP contribution is 2.18. The number of quaternary nitrogens is 1. The van der Waals surface area contributed by atoms with Crippen LogP contribution in [0.1, 0.15) is 25.3 Å². The molecule has 1 heterocycles. The first-order chi connectivity index (χ1) is 12.2. The first kappa shape index (κ1) is 17.5. The number of piperazine rings is 1. The van der Waals surface area contributed by atoms with Gasteiger partial charge in [0.25, 0.3) is 0 Å². The van der Waals surface area contributed by atoms with E-state index < -0.39 is 0 Å². The predicted octanol–water partition coefficient (Wildman–Crippen LogP) is 2.33. The molecule has 0 saturated carbocycles. The van der Waals surface area contributed by atoms with Gasteiger partial charge in [0.05, 0.1) is 26.2 Å². The standard InChI is InChI=1S/C21H27N3O/c1-2-6-21(25)22-19-9-11-20(12-10-19)24-15-13-23(14-16-24)17-18-7-4-3-5-8-18/h3-5,7-12H,2,6,13-17H2,1H3,(H,22,25)/p+1. The van der Waals surface area contributed by atoms with Crippen molar-refractivity contribution in [1.82, 2.24) is 0 Å². The Balaban J connectivity index is 1.50. The third-order valence-corrected chi connectivity index (χ3v) is 4.76. The number of benzene rings is 2. The average Bonchev–Trinajstić information content (AvgIpc) is 2.64. The zero-order chi connectivity index (χ0) is 17.5. The van der Waals surface area contributed by atoms with Crippen molar-refractivity contribution in [1.29, 1.82) is 0 Å². The SMILES string of the molecule is CCCC(=O)Nc1ccc(N2CC[NH+](Cc3ccccc3)CC2)cc1. The zero-order valence-electron chi connectivity index (χ0n) is 15.0. The van der Waals surface area contributed by atoms with E-state index in [1.807, 2.05) is 19.1 Å². The molecule has 1 saturated heterocycles. The number of anilines is 2. The summed E-state index contributed by atoms with van der Waals surface area (Å²) in [4.78, 5) is 15.7. The lowest BCUT2D eigenvalue weighted by molar-refractivity contribution is -0.914. The molecule has 132 valence electrons. The summed E-state index contributed by atoms with van der Waals surface area (Å²) >= 11 is 0. The van der Waals surface area contributed by atoms with Gasteiger partial charge in [-0.1, -0.05) is 37.3 Å². The highest BCUT2D eigenvalue weighted by Gasteiger charge is 2.20. The van der Waals surface area contributed by atoms with Gasteiger partial charge in [0.15, 0.2) is 0 Å². The number of nitrogens with zero attached hydrogens (tertiary/aromatic N) is 1. The minimum atomic E-state index is 0.0911. The number of carbonyl (C=O) groups is 1. The molecule has 0 spiro atoms. The van der Waals surface area contributed by atoms with Crippen molar-refractivity contribution in [3.05, 3.63) is 60.2 Å². The number of amides is 1. The molecule has 1 amide bonds. The summed E-state index contributed by atoms with van der Waals surface area (Å²) in [6.45, 7) is 7.58. The number of rotatable bonds is 6. The quantitative estimate of drug-likeness (QED) is 0.848. The monoisotopic (exact) mass is 338 g/mol. The third kappa shape index (κ3) is 5.07. The molecule has 4 nitrogen and oxygen atoms in total. The Morgan fingerprint density at radius 2 is 1.72 bits per heavy atom. The van der Waals surface area contributed by atoms with Crippen LogP contribution in [0.2, 0.25) is 0 Å². The average molecular weight is 338 g/mol. The van der Waals surface area contributed by atoms with E-state index in [1.54, 1.807) is 4.90 Å². The molecule has 3 rings (SSSR count). The molecular weight excluding hydrogens is 310 g/mol. The molecule has 1 fully saturated rings. The lowest BCUT2D eigenvalue weighted by Crippen LogP contribution is -3.13. The second-order valence-electron chi connectivity index (χ2n) is 6.74. The zero-order valence-corrected chi connectivity index (χ0v) is 15.0. The molecule has 1 aliphatic rings. The van der Waals surface area contributed by atoms with Crippen molar-refractivity contribution >= 4 is 17.3 Å². The molecule has 1 aliphatic heterocycles. The lowest BCUT2D eigenvalue weighted by Gasteiger charge is -2.33. The number of hydrogen-bond acceptors (Lipinski definition) is 2. The normalized spacial score (nSPS) is 15.2. The van der Waals surface area contributed by atoms with Gasteiger partial charge in [-0.2, -0.15) is 0 Å². The molecule has 2 aromatic rings. The van der Waals surface area contributed by atoms with Gasteiger partial charge < -0.3 is 15.1 Å². The minimum Gasteiger partial charge on any atom is -0.360 e. The Kier molecular flexibility index (Phi) is 6.07. The summed E-state index contributed by atoms with van der Waals surface area (Å²) < 4.78 is 0. The molecule has 0 bridgehead atoms. The van der Waals surface area contributed by atoms with Crippen LogP contribution in [-0.2, 0) is 11.3 Å². The summed E-state index contributed by atoms with van der Waals surface area (Å²) in [5.74, 6) is 0.0911. The molecule has 2 N–H and O–H groups in total. The van der Waals surface area contributed by atoms with Gasteiger partial charge in [0.1, 0.15) is 6.54 Å². The Morgan fingerprint density at radius 1 is 1.04 bits per heavy atom. The van der Waals surface area contributed by atoms with Gasteiger partial charge in [0.2, 0.25) is 5.91 Å². The van der Waals surface area contributed by atoms with Crippen molar-refractivity contribution in [2.45, 2.75) is 26.3 Å². The maximum atomic E-state index is 11.7. The molecule has 4 heteroatoms. The van der Waals surface area contributed by atoms with Gasteiger partial charge in [-0.3, -0.25) is 4.79 Å². The smallest absolute Gasteiger partial charge is 0.224 e. The first-order valence-electron chi connectivity index (χ1n) is 9.27. The topological polar surface area (TPSA) is 36.8 Å². The summed E-state index contributed by atoms with van der Waals surface area (Å²) in [5.41, 5.74) is 3.54. The molecular formula is C21H28N3O+. The molecule has 0 radical (unpaired) electrons. The molecule has 0 unspecified atom stereocenters. The fourth-order valence-electron chi connectivity index (χ4n) is 3.35. The van der Waals surface area contributed by atoms with Gasteiger partial charge in [-0.25, -0.2) is 0 Å². The Bertz CT molecular complexity index is 661. The lowest BCUT2D eigenvalue weighted by atomic mass is 10.2. The van der Waals surface area contributed by atoms with Crippen LogP contribution in [0, 0.1) is 0 Å². The highest BCUT2D eigenvalue weighted by molar-refractivity contribution is 5.90. The van der Waals surface area contributed by atoms with Gasteiger partial charge in [0, 0.05) is 23.4 Å². The molecule has 0 aliphatic carbocycles. The van der Waals surface area contributed by atoms with Gasteiger partial charge in [-0.05, 0) is 30.7 Å². The maximum absolute atomic E-state index is 11.7. The van der Waals surface area contributed by atoms with Crippen molar-refractivity contribution in [2.24, 2.45) is 0 Å². The second-order valence-corrected chi connectivity index (χ2v) is 6.74. The van der Waals surface area contributed by atoms with E-state index in [-0.39, 0.29) is 5.91 Å². The van der Waals surface area contributed by atoms with Crippen LogP contribution < -0.4 is 15.1 Å². The van der Waals surface area contributed by atoms with E-state index >= 15 is 0 Å². The van der Waals surface area contributed by atoms with Crippen molar-refractivity contribution in [3.8, 4) is 0 Å². The number of carbonyl (C=O) groups excluding carboxylic acids is 1. The largest absolute Gasteiger partial charge is 0.360 e. The van der Waals surface area contributed by atoms with Crippen LogP contribution in [0.25, 0.3) is 0 Å². The van der Waals surface area contributed by atoms with E-state index in [2.05, 4.69) is 52.7 Å². The number of nitrogens with one attached hydrogen (secondary N) is 2. The summed E-state index contributed by atoms with van der Waals surface area (Å²) in [7, 11) is 0. The number of hydrogen-bond donors (Lipinski definition) is 2. The van der Waals surface area contributed by atoms with Crippen molar-refractivity contribution < 1.29 is 9.69 Å². The third-order valence-electron chi connectivity index (χ3n) is 4.76. The first-order valence-corrected chi connectivity index (χ1v) is 9.27. The van der Waals surface area contributed by atoms with Crippen molar-refractivity contribution in [2.75, 3.05) is 36.4 Å². The Hall–Kier alpha value is -2.33. The molecule has 0 atom stereocenters. The van der Waals surface area contributed by atoms with E-state index in [0.29, 0.717) is 6.42 Å². The minimum absolute atomic E-state index is 0.0911. The van der Waals surface area contributed by atoms with E-state index in [0.717, 1.165) is 44.8 Å². The summed E-state index contributed by atoms with van der Waals surface area (Å²) in [5, 5.41) is 2.95. The molecule has 2 aromatic carbocycles. The summed E-state index contributed by atoms with van der Waals surface area (Å²) in [6.07, 6.45) is 1.45. The van der Waals surface area contributed by atoms with Crippen LogP contribution in [0.15, 0.2) is 54.6 Å². The van der Waals surface area contributed by atoms with E-state index in [1.165, 1.54) is 11.3 Å². The van der Waals surface area contributed by atoms with E-state index in [4.69, 9.17) is 0 Å². The van der Waals surface area contributed by atoms with Crippen LogP contribution in [0.5, 0.6) is 0 Å². The second kappa shape index (κ2) is 8.67. The van der Waals surface area contributed by atoms with Gasteiger partial charge in [-0.15, -0.1) is 0 Å². The molecule has 0 aromatic heterocycles. The van der Waals surface area contributed by atoms with E-state index in [9.17, 15) is 4.79 Å². The fraction of sp³-hybridized carbons (Fsp3) is 0.381. The predicted molar refractivity (Wildman–Crippen MR) is 103 cm³/mol. The van der Waals surface area contributed by atoms with Crippen LogP contribution >= 0.6 is 0 Å². The van der Waals surface area contributed by atoms with Crippen molar-refractivity contribution in [3.63, 3.8) is 0 Å². The molecule has 25 heavy (non-hydrogen) atoms. The highest BCUT2D eigenvalue weighted by atomic mass is 16.1. The Morgan fingerprint density at radius 3 is 2.36 bits per heavy atom. The van der Waals surface area contributed by atoms with Crippen LogP contribution in [0.3, 0.4) is 0 Å².